The molecule has 15 heavy (non-hydrogen) atoms. The highest BCUT2D eigenvalue weighted by Crippen LogP contribution is 2.26. The van der Waals surface area contributed by atoms with Crippen molar-refractivity contribution in [2.24, 2.45) is 0 Å². The topological polar surface area (TPSA) is 47.6 Å². The van der Waals surface area contributed by atoms with Crippen molar-refractivity contribution in [1.29, 1.82) is 10.5 Å². The van der Waals surface area contributed by atoms with Crippen LogP contribution in [0.1, 0.15) is 37.5 Å². The van der Waals surface area contributed by atoms with E-state index in [9.17, 15) is 0 Å². The first-order valence-electron chi connectivity index (χ1n) is 4.89. The molecule has 1 aromatic rings. The van der Waals surface area contributed by atoms with Crippen LogP contribution in [0.5, 0.6) is 0 Å². The van der Waals surface area contributed by atoms with Gasteiger partial charge in [-0.25, -0.2) is 0 Å². The molecule has 0 aliphatic carbocycles. The third-order valence-corrected chi connectivity index (χ3v) is 2.30. The predicted molar refractivity (Wildman–Crippen MR) is 59.2 cm³/mol. The maximum absolute atomic E-state index is 8.99. The van der Waals surface area contributed by atoms with Crippen LogP contribution in [-0.2, 0) is 11.8 Å². The fourth-order valence-electron chi connectivity index (χ4n) is 1.51. The summed E-state index contributed by atoms with van der Waals surface area (Å²) in [5, 5.41) is 17.6. The molecule has 0 aliphatic heterocycles. The minimum Gasteiger partial charge on any atom is -0.198 e. The zero-order valence-corrected chi connectivity index (χ0v) is 9.33. The van der Waals surface area contributed by atoms with Gasteiger partial charge in [-0.15, -0.1) is 0 Å². The molecule has 0 fully saturated rings. The van der Waals surface area contributed by atoms with Gasteiger partial charge in [0.2, 0.25) is 0 Å². The lowest BCUT2D eigenvalue weighted by molar-refractivity contribution is 0.588. The number of benzene rings is 1. The lowest BCUT2D eigenvalue weighted by atomic mass is 9.83. The highest BCUT2D eigenvalue weighted by molar-refractivity contribution is 5.44. The molecule has 0 spiro atoms. The van der Waals surface area contributed by atoms with Crippen molar-refractivity contribution in [2.45, 2.75) is 32.6 Å². The second-order valence-corrected chi connectivity index (χ2v) is 4.58. The summed E-state index contributed by atoms with van der Waals surface area (Å²) in [6.45, 7) is 6.21. The van der Waals surface area contributed by atoms with Gasteiger partial charge < -0.3 is 0 Å². The Hall–Kier alpha value is -1.80. The second kappa shape index (κ2) is 4.15. The van der Waals surface area contributed by atoms with Crippen LogP contribution >= 0.6 is 0 Å². The van der Waals surface area contributed by atoms with Crippen molar-refractivity contribution < 1.29 is 0 Å². The van der Waals surface area contributed by atoms with Crippen molar-refractivity contribution in [1.82, 2.24) is 0 Å². The first-order valence-corrected chi connectivity index (χ1v) is 4.89. The summed E-state index contributed by atoms with van der Waals surface area (Å²) in [5.74, 6) is 0. The number of nitrogens with zero attached hydrogens (tertiary/aromatic N) is 2. The molecule has 1 rings (SSSR count). The molecule has 0 saturated carbocycles. The number of nitriles is 2. The van der Waals surface area contributed by atoms with Crippen LogP contribution in [0.25, 0.3) is 0 Å². The second-order valence-electron chi connectivity index (χ2n) is 4.58. The monoisotopic (exact) mass is 198 g/mol. The van der Waals surface area contributed by atoms with E-state index in [-0.39, 0.29) is 5.41 Å². The molecule has 2 nitrogen and oxygen atoms in total. The lowest BCUT2D eigenvalue weighted by Gasteiger charge is -2.21. The van der Waals surface area contributed by atoms with Crippen molar-refractivity contribution in [2.75, 3.05) is 0 Å². The van der Waals surface area contributed by atoms with Gasteiger partial charge in [0.25, 0.3) is 0 Å². The summed E-state index contributed by atoms with van der Waals surface area (Å²) in [6, 6.07) is 9.91. The maximum Gasteiger partial charge on any atom is 0.0994 e. The Kier molecular flexibility index (Phi) is 3.12. The van der Waals surface area contributed by atoms with E-state index in [2.05, 4.69) is 32.9 Å². The third kappa shape index (κ3) is 2.58. The highest BCUT2D eigenvalue weighted by atomic mass is 14.3. The Balaban J connectivity index is 3.29. The maximum atomic E-state index is 8.99. The van der Waals surface area contributed by atoms with Crippen LogP contribution in [0.2, 0.25) is 0 Å². The Morgan fingerprint density at radius 2 is 1.87 bits per heavy atom. The van der Waals surface area contributed by atoms with E-state index in [0.717, 1.165) is 11.1 Å². The molecule has 0 saturated heterocycles. The Morgan fingerprint density at radius 3 is 2.33 bits per heavy atom. The molecule has 0 aromatic heterocycles. The van der Waals surface area contributed by atoms with Gasteiger partial charge >= 0.3 is 0 Å². The minimum absolute atomic E-state index is 0.0590. The summed E-state index contributed by atoms with van der Waals surface area (Å²) in [6.07, 6.45) is 0.398. The van der Waals surface area contributed by atoms with Crippen molar-refractivity contribution in [3.63, 3.8) is 0 Å². The van der Waals surface area contributed by atoms with Gasteiger partial charge in [-0.1, -0.05) is 32.9 Å². The predicted octanol–water partition coefficient (Wildman–Crippen LogP) is 2.92. The van der Waals surface area contributed by atoms with Gasteiger partial charge in [0.05, 0.1) is 24.1 Å². The molecular formula is C13H14N2. The largest absolute Gasteiger partial charge is 0.198 e. The van der Waals surface area contributed by atoms with E-state index >= 15 is 0 Å². The number of rotatable bonds is 1. The first-order chi connectivity index (χ1) is 6.99. The molecule has 0 unspecified atom stereocenters. The number of hydrogen-bond donors (Lipinski definition) is 0. The third-order valence-electron chi connectivity index (χ3n) is 2.30. The SMILES string of the molecule is CC(C)(C)c1cc(CC#N)ccc1C#N. The molecule has 76 valence electrons. The van der Waals surface area contributed by atoms with Crippen LogP contribution in [-0.4, -0.2) is 0 Å². The molecule has 0 bridgehead atoms. The summed E-state index contributed by atoms with van der Waals surface area (Å²) in [4.78, 5) is 0. The van der Waals surface area contributed by atoms with Crippen LogP contribution in [0.3, 0.4) is 0 Å². The zero-order chi connectivity index (χ0) is 11.5. The van der Waals surface area contributed by atoms with E-state index < -0.39 is 0 Å². The Bertz CT molecular complexity index is 439. The molecule has 0 amide bonds. The molecule has 0 aliphatic rings. The van der Waals surface area contributed by atoms with E-state index in [1.165, 1.54) is 0 Å². The summed E-state index contributed by atoms with van der Waals surface area (Å²) >= 11 is 0. The van der Waals surface area contributed by atoms with Gasteiger partial charge in [-0.2, -0.15) is 10.5 Å². The summed E-state index contributed by atoms with van der Waals surface area (Å²) in [7, 11) is 0. The van der Waals surface area contributed by atoms with Crippen LogP contribution in [0, 0.1) is 22.7 Å². The molecule has 0 heterocycles. The molecule has 0 radical (unpaired) electrons. The fraction of sp³-hybridized carbons (Fsp3) is 0.385. The van der Waals surface area contributed by atoms with Crippen LogP contribution in [0.15, 0.2) is 18.2 Å². The van der Waals surface area contributed by atoms with E-state index in [4.69, 9.17) is 10.5 Å². The van der Waals surface area contributed by atoms with Gasteiger partial charge in [0.15, 0.2) is 0 Å². The molecule has 0 N–H and O–H groups in total. The average molecular weight is 198 g/mol. The smallest absolute Gasteiger partial charge is 0.0994 e. The standard InChI is InChI=1S/C13H14N2/c1-13(2,3)12-8-10(6-7-14)4-5-11(12)9-15/h4-5,8H,6H2,1-3H3. The summed E-state index contributed by atoms with van der Waals surface area (Å²) in [5.41, 5.74) is 2.62. The Morgan fingerprint density at radius 1 is 1.20 bits per heavy atom. The van der Waals surface area contributed by atoms with E-state index in [1.807, 2.05) is 12.1 Å². The molecule has 2 heteroatoms. The van der Waals surface area contributed by atoms with E-state index in [1.54, 1.807) is 6.07 Å². The van der Waals surface area contributed by atoms with Crippen LogP contribution < -0.4 is 0 Å². The molecular weight excluding hydrogens is 184 g/mol. The lowest BCUT2D eigenvalue weighted by Crippen LogP contribution is -2.13. The van der Waals surface area contributed by atoms with Crippen molar-refractivity contribution in [3.05, 3.63) is 34.9 Å². The van der Waals surface area contributed by atoms with E-state index in [0.29, 0.717) is 12.0 Å². The molecule has 1 aromatic carbocycles. The fourth-order valence-corrected chi connectivity index (χ4v) is 1.51. The zero-order valence-electron chi connectivity index (χ0n) is 9.33. The first kappa shape index (κ1) is 11.3. The van der Waals surface area contributed by atoms with Crippen molar-refractivity contribution in [3.8, 4) is 12.1 Å². The van der Waals surface area contributed by atoms with Gasteiger partial charge in [-0.3, -0.25) is 0 Å². The average Bonchev–Trinajstić information content (AvgIpc) is 2.17. The van der Waals surface area contributed by atoms with Gasteiger partial charge in [0, 0.05) is 0 Å². The Labute approximate surface area is 90.8 Å². The van der Waals surface area contributed by atoms with Gasteiger partial charge in [0.1, 0.15) is 0 Å². The molecule has 0 atom stereocenters. The normalized spacial score (nSPS) is 10.5. The van der Waals surface area contributed by atoms with Crippen molar-refractivity contribution >= 4 is 0 Å². The summed E-state index contributed by atoms with van der Waals surface area (Å²) < 4.78 is 0. The number of hydrogen-bond acceptors (Lipinski definition) is 2. The quantitative estimate of drug-likeness (QED) is 0.696. The highest BCUT2D eigenvalue weighted by Gasteiger charge is 2.18. The van der Waals surface area contributed by atoms with Gasteiger partial charge in [-0.05, 0) is 22.6 Å². The minimum atomic E-state index is -0.0590. The van der Waals surface area contributed by atoms with Crippen LogP contribution in [0.4, 0.5) is 0 Å².